The highest BCUT2D eigenvalue weighted by Gasteiger charge is 2.25. The van der Waals surface area contributed by atoms with Crippen LogP contribution in [0.25, 0.3) is 16.7 Å². The zero-order chi connectivity index (χ0) is 24.6. The van der Waals surface area contributed by atoms with Crippen LogP contribution in [0.1, 0.15) is 22.5 Å². The van der Waals surface area contributed by atoms with Gasteiger partial charge >= 0.3 is 0 Å². The number of halogens is 1. The maximum Gasteiger partial charge on any atom is 0.257 e. The Morgan fingerprint density at radius 2 is 1.94 bits per heavy atom. The normalized spacial score (nSPS) is 13.2. The molecule has 0 aliphatic carbocycles. The lowest BCUT2D eigenvalue weighted by Gasteiger charge is -2.25. The molecule has 0 fully saturated rings. The minimum Gasteiger partial charge on any atom is -0.481 e. The summed E-state index contributed by atoms with van der Waals surface area (Å²) in [5.74, 6) is 8.11. The number of aromatic nitrogens is 5. The van der Waals surface area contributed by atoms with Crippen LogP contribution in [0.15, 0.2) is 54.7 Å². The van der Waals surface area contributed by atoms with E-state index < -0.39 is 0 Å². The summed E-state index contributed by atoms with van der Waals surface area (Å²) >= 11 is 0. The molecule has 5 aromatic rings. The predicted octanol–water partition coefficient (Wildman–Crippen LogP) is 4.20. The highest BCUT2D eigenvalue weighted by atomic mass is 19.1. The Bertz CT molecular complexity index is 1670. The van der Waals surface area contributed by atoms with E-state index >= 15 is 4.39 Å². The largest absolute Gasteiger partial charge is 0.481 e. The van der Waals surface area contributed by atoms with Crippen LogP contribution in [-0.2, 0) is 11.3 Å². The van der Waals surface area contributed by atoms with Gasteiger partial charge in [0, 0.05) is 41.2 Å². The minimum absolute atomic E-state index is 0.361. The van der Waals surface area contributed by atoms with E-state index in [1.807, 2.05) is 42.2 Å². The van der Waals surface area contributed by atoms with Gasteiger partial charge in [0.1, 0.15) is 17.5 Å². The highest BCUT2D eigenvalue weighted by Crippen LogP contribution is 2.37. The average Bonchev–Trinajstić information content (AvgIpc) is 3.14. The van der Waals surface area contributed by atoms with Crippen LogP contribution in [0.4, 0.5) is 15.9 Å². The summed E-state index contributed by atoms with van der Waals surface area (Å²) in [7, 11) is 1.57. The number of ether oxygens (including phenoxy) is 2. The number of methoxy groups -OCH3 is 1. The summed E-state index contributed by atoms with van der Waals surface area (Å²) in [6, 6.07) is 14.5. The molecule has 178 valence electrons. The molecule has 6 rings (SSSR count). The number of rotatable bonds is 2. The van der Waals surface area contributed by atoms with Crippen LogP contribution < -0.4 is 9.64 Å². The summed E-state index contributed by atoms with van der Waals surface area (Å²) in [5.41, 5.74) is 4.02. The first-order valence-corrected chi connectivity index (χ1v) is 11.4. The second-order valence-electron chi connectivity index (χ2n) is 8.30. The topological polar surface area (TPSA) is 77.7 Å². The van der Waals surface area contributed by atoms with Gasteiger partial charge in [-0.05, 0) is 37.3 Å². The van der Waals surface area contributed by atoms with Gasteiger partial charge in [-0.3, -0.25) is 4.40 Å². The lowest BCUT2D eigenvalue weighted by Crippen LogP contribution is -2.23. The minimum atomic E-state index is -0.361. The van der Waals surface area contributed by atoms with Crippen molar-refractivity contribution in [1.29, 1.82) is 0 Å². The van der Waals surface area contributed by atoms with Crippen LogP contribution in [0.5, 0.6) is 5.88 Å². The third-order valence-corrected chi connectivity index (χ3v) is 6.16. The Hall–Kier alpha value is -4.55. The van der Waals surface area contributed by atoms with Gasteiger partial charge < -0.3 is 14.4 Å². The van der Waals surface area contributed by atoms with Crippen molar-refractivity contribution in [2.24, 2.45) is 0 Å². The molecule has 0 spiro atoms. The summed E-state index contributed by atoms with van der Waals surface area (Å²) in [6.45, 7) is 3.14. The second kappa shape index (κ2) is 8.91. The van der Waals surface area contributed by atoms with Crippen molar-refractivity contribution in [3.8, 4) is 17.7 Å². The fourth-order valence-electron chi connectivity index (χ4n) is 4.45. The Morgan fingerprint density at radius 3 is 2.78 bits per heavy atom. The van der Waals surface area contributed by atoms with Gasteiger partial charge in [-0.25, -0.2) is 9.37 Å². The van der Waals surface area contributed by atoms with Crippen LogP contribution in [0.2, 0.25) is 0 Å². The molecular weight excluding hydrogens is 459 g/mol. The number of fused-ring (bicyclic) bond motifs is 4. The van der Waals surface area contributed by atoms with Gasteiger partial charge in [0.15, 0.2) is 0 Å². The van der Waals surface area contributed by atoms with Crippen LogP contribution in [0, 0.1) is 24.6 Å². The highest BCUT2D eigenvalue weighted by molar-refractivity contribution is 5.94. The smallest absolute Gasteiger partial charge is 0.257 e. The van der Waals surface area contributed by atoms with E-state index in [-0.39, 0.29) is 5.82 Å². The molecule has 0 atom stereocenters. The van der Waals surface area contributed by atoms with Crippen LogP contribution >= 0.6 is 0 Å². The molecule has 36 heavy (non-hydrogen) atoms. The molecule has 0 bridgehead atoms. The number of pyridine rings is 1. The van der Waals surface area contributed by atoms with E-state index in [0.29, 0.717) is 54.0 Å². The number of anilines is 2. The molecule has 1 aliphatic rings. The molecule has 1 aliphatic heterocycles. The van der Waals surface area contributed by atoms with Crippen molar-refractivity contribution in [2.45, 2.75) is 13.5 Å². The summed E-state index contributed by atoms with van der Waals surface area (Å²) < 4.78 is 28.1. The molecule has 4 heterocycles. The zero-order valence-corrected chi connectivity index (χ0v) is 19.7. The first-order valence-electron chi connectivity index (χ1n) is 11.4. The lowest BCUT2D eigenvalue weighted by molar-refractivity contribution is 0.133. The molecule has 0 amide bonds. The monoisotopic (exact) mass is 480 g/mol. The van der Waals surface area contributed by atoms with Gasteiger partial charge in [-0.2, -0.15) is 4.98 Å². The fraction of sp³-hybridized carbons (Fsp3) is 0.185. The van der Waals surface area contributed by atoms with E-state index in [1.165, 1.54) is 6.07 Å². The third kappa shape index (κ3) is 3.68. The van der Waals surface area contributed by atoms with Crippen LogP contribution in [-0.4, -0.2) is 44.8 Å². The Morgan fingerprint density at radius 1 is 1.06 bits per heavy atom. The number of aryl methyl sites for hydroxylation is 1. The SMILES string of the molecule is COc1ccc(C#Cc2cccc3c2COCCN3c2nc3nnc(C)n3c3cccc(F)c23)cn1. The Kier molecular flexibility index (Phi) is 5.43. The van der Waals surface area contributed by atoms with Crippen molar-refractivity contribution >= 4 is 28.2 Å². The number of hydrogen-bond acceptors (Lipinski definition) is 7. The van der Waals surface area contributed by atoms with E-state index in [2.05, 4.69) is 27.0 Å². The van der Waals surface area contributed by atoms with Crippen molar-refractivity contribution in [3.63, 3.8) is 0 Å². The predicted molar refractivity (Wildman–Crippen MR) is 133 cm³/mol. The van der Waals surface area contributed by atoms with Crippen molar-refractivity contribution in [1.82, 2.24) is 24.6 Å². The number of benzene rings is 2. The quantitative estimate of drug-likeness (QED) is 0.351. The molecule has 2 aromatic carbocycles. The van der Waals surface area contributed by atoms with Crippen molar-refractivity contribution < 1.29 is 13.9 Å². The van der Waals surface area contributed by atoms with Crippen LogP contribution in [0.3, 0.4) is 0 Å². The Balaban J connectivity index is 1.51. The molecule has 8 nitrogen and oxygen atoms in total. The second-order valence-corrected chi connectivity index (χ2v) is 8.30. The maximum atomic E-state index is 15.3. The molecule has 0 saturated carbocycles. The van der Waals surface area contributed by atoms with E-state index in [0.717, 1.165) is 22.4 Å². The van der Waals surface area contributed by atoms with Gasteiger partial charge in [-0.15, -0.1) is 10.2 Å². The fourth-order valence-corrected chi connectivity index (χ4v) is 4.45. The van der Waals surface area contributed by atoms with Gasteiger partial charge in [0.05, 0.1) is 31.2 Å². The molecule has 0 saturated heterocycles. The Labute approximate surface area is 206 Å². The first kappa shape index (κ1) is 21.9. The molecule has 0 radical (unpaired) electrons. The summed E-state index contributed by atoms with van der Waals surface area (Å²) in [5, 5.41) is 8.77. The average molecular weight is 481 g/mol. The van der Waals surface area contributed by atoms with E-state index in [4.69, 9.17) is 14.5 Å². The first-order chi connectivity index (χ1) is 17.6. The van der Waals surface area contributed by atoms with E-state index in [1.54, 1.807) is 29.8 Å². The van der Waals surface area contributed by atoms with E-state index in [9.17, 15) is 0 Å². The zero-order valence-electron chi connectivity index (χ0n) is 19.7. The molecular formula is C27H21FN6O2. The maximum absolute atomic E-state index is 15.3. The number of nitrogens with zero attached hydrogens (tertiary/aromatic N) is 6. The molecule has 3 aromatic heterocycles. The van der Waals surface area contributed by atoms with Gasteiger partial charge in [0.25, 0.3) is 5.78 Å². The molecule has 0 N–H and O–H groups in total. The van der Waals surface area contributed by atoms with Gasteiger partial charge in [-0.1, -0.05) is 24.0 Å². The van der Waals surface area contributed by atoms with Crippen molar-refractivity contribution in [3.05, 3.63) is 83.1 Å². The van der Waals surface area contributed by atoms with Crippen molar-refractivity contribution in [2.75, 3.05) is 25.2 Å². The molecule has 0 unspecified atom stereocenters. The molecule has 9 heteroatoms. The number of hydrogen-bond donors (Lipinski definition) is 0. The summed E-state index contributed by atoms with van der Waals surface area (Å²) in [4.78, 5) is 10.9. The van der Waals surface area contributed by atoms with Gasteiger partial charge in [0.2, 0.25) is 5.88 Å². The lowest BCUT2D eigenvalue weighted by atomic mass is 10.0. The third-order valence-electron chi connectivity index (χ3n) is 6.16. The summed E-state index contributed by atoms with van der Waals surface area (Å²) in [6.07, 6.45) is 1.67. The standard InChI is InChI=1S/C27H21FN6O2/c1-17-31-32-27-30-26(25-21(28)6-4-8-23(25)34(17)27)33-13-14-36-16-20-19(5-3-7-22(20)33)11-9-18-10-12-24(35-2)29-15-18/h3-8,10,12,15H,13-14,16H2,1-2H3.